The fraction of sp³-hybridized carbons (Fsp3) is 0.350. The summed E-state index contributed by atoms with van der Waals surface area (Å²) in [4.78, 5) is 16.5. The first-order valence-corrected chi connectivity index (χ1v) is 8.65. The molecule has 1 N–H and O–H groups in total. The topological polar surface area (TPSA) is 53.0 Å². The quantitative estimate of drug-likeness (QED) is 0.892. The fourth-order valence-electron chi connectivity index (χ4n) is 3.12. The molecule has 1 fully saturated rings. The van der Waals surface area contributed by atoms with Crippen LogP contribution in [0.1, 0.15) is 11.1 Å². The Bertz CT molecular complexity index is 756. The van der Waals surface area contributed by atoms with Gasteiger partial charge in [-0.3, -0.25) is 9.69 Å². The van der Waals surface area contributed by atoms with Crippen molar-refractivity contribution in [3.8, 4) is 11.5 Å². The first-order chi connectivity index (χ1) is 12.5. The molecule has 0 saturated carbocycles. The number of carbonyl (C=O) groups excluding carboxylic acids is 1. The van der Waals surface area contributed by atoms with E-state index in [0.29, 0.717) is 26.1 Å². The number of amides is 1. The Morgan fingerprint density at radius 2 is 1.73 bits per heavy atom. The molecule has 0 radical (unpaired) electrons. The van der Waals surface area contributed by atoms with Crippen LogP contribution in [0, 0.1) is 5.82 Å². The van der Waals surface area contributed by atoms with Crippen LogP contribution in [0.5, 0.6) is 11.5 Å². The molecule has 1 aliphatic heterocycles. The van der Waals surface area contributed by atoms with Crippen molar-refractivity contribution >= 4 is 5.91 Å². The smallest absolute Gasteiger partial charge is 0.227 e. The molecule has 1 amide bonds. The second-order valence-electron chi connectivity index (χ2n) is 6.47. The van der Waals surface area contributed by atoms with Crippen molar-refractivity contribution in [1.82, 2.24) is 9.80 Å². The summed E-state index contributed by atoms with van der Waals surface area (Å²) in [5, 5.41) is 9.30. The second-order valence-corrected chi connectivity index (χ2v) is 6.47. The molecular formula is C20H23FN2O3. The lowest BCUT2D eigenvalue weighted by Crippen LogP contribution is -2.48. The number of methoxy groups -OCH3 is 1. The highest BCUT2D eigenvalue weighted by Gasteiger charge is 2.21. The Morgan fingerprint density at radius 1 is 1.08 bits per heavy atom. The molecule has 26 heavy (non-hydrogen) atoms. The van der Waals surface area contributed by atoms with Crippen molar-refractivity contribution in [3.63, 3.8) is 0 Å². The number of piperazine rings is 1. The molecule has 0 bridgehead atoms. The number of hydrogen-bond acceptors (Lipinski definition) is 4. The van der Waals surface area contributed by atoms with Crippen LogP contribution in [0.2, 0.25) is 0 Å². The summed E-state index contributed by atoms with van der Waals surface area (Å²) in [6, 6.07) is 11.7. The summed E-state index contributed by atoms with van der Waals surface area (Å²) in [6.45, 7) is 3.50. The maximum Gasteiger partial charge on any atom is 0.227 e. The van der Waals surface area contributed by atoms with Gasteiger partial charge in [-0.2, -0.15) is 0 Å². The van der Waals surface area contributed by atoms with E-state index in [1.54, 1.807) is 30.3 Å². The van der Waals surface area contributed by atoms with Gasteiger partial charge >= 0.3 is 0 Å². The average molecular weight is 358 g/mol. The van der Waals surface area contributed by atoms with E-state index in [4.69, 9.17) is 4.74 Å². The highest BCUT2D eigenvalue weighted by atomic mass is 19.1. The third-order valence-electron chi connectivity index (χ3n) is 4.64. The molecule has 6 heteroatoms. The van der Waals surface area contributed by atoms with Crippen molar-refractivity contribution in [2.24, 2.45) is 0 Å². The molecule has 2 aromatic carbocycles. The molecule has 0 aliphatic carbocycles. The number of halogens is 1. The van der Waals surface area contributed by atoms with E-state index >= 15 is 0 Å². The van der Waals surface area contributed by atoms with Gasteiger partial charge in [-0.1, -0.05) is 18.2 Å². The number of rotatable bonds is 5. The predicted octanol–water partition coefficient (Wildman–Crippen LogP) is 2.43. The zero-order valence-electron chi connectivity index (χ0n) is 14.8. The summed E-state index contributed by atoms with van der Waals surface area (Å²) in [6.07, 6.45) is 0.337. The molecule has 0 atom stereocenters. The molecule has 1 saturated heterocycles. The van der Waals surface area contributed by atoms with Crippen molar-refractivity contribution in [2.45, 2.75) is 13.0 Å². The number of aromatic hydroxyl groups is 1. The van der Waals surface area contributed by atoms with Gasteiger partial charge in [-0.15, -0.1) is 0 Å². The number of ether oxygens (including phenoxy) is 1. The molecular weight excluding hydrogens is 335 g/mol. The minimum atomic E-state index is -0.354. The van der Waals surface area contributed by atoms with Crippen molar-refractivity contribution in [1.29, 1.82) is 0 Å². The van der Waals surface area contributed by atoms with Gasteiger partial charge < -0.3 is 14.7 Å². The number of phenols is 1. The summed E-state index contributed by atoms with van der Waals surface area (Å²) in [5.74, 6) is 0.182. The van der Waals surface area contributed by atoms with Gasteiger partial charge in [0.05, 0.1) is 13.5 Å². The minimum absolute atomic E-state index is 0.0887. The van der Waals surface area contributed by atoms with Gasteiger partial charge in [0.2, 0.25) is 5.91 Å². The monoisotopic (exact) mass is 358 g/mol. The highest BCUT2D eigenvalue weighted by Crippen LogP contribution is 2.19. The van der Waals surface area contributed by atoms with Crippen LogP contribution in [0.3, 0.4) is 0 Å². The van der Waals surface area contributed by atoms with Crippen LogP contribution in [0.15, 0.2) is 42.5 Å². The zero-order chi connectivity index (χ0) is 18.5. The summed E-state index contributed by atoms with van der Waals surface area (Å²) in [7, 11) is 1.45. The number of hydrogen-bond donors (Lipinski definition) is 1. The lowest BCUT2D eigenvalue weighted by molar-refractivity contribution is -0.132. The first kappa shape index (κ1) is 18.2. The first-order valence-electron chi connectivity index (χ1n) is 8.65. The standard InChI is InChI=1S/C20H23FN2O3/c1-26-19-7-4-16(12-18(19)21)14-22-8-10-23(11-9-22)20(25)13-15-2-5-17(24)6-3-15/h2-7,12,24H,8-11,13-14H2,1H3. The second kappa shape index (κ2) is 8.19. The normalized spacial score (nSPS) is 15.1. The summed E-state index contributed by atoms with van der Waals surface area (Å²) in [5.41, 5.74) is 1.79. The number of carbonyl (C=O) groups is 1. The average Bonchev–Trinajstić information content (AvgIpc) is 2.64. The Hall–Kier alpha value is -2.60. The Morgan fingerprint density at radius 3 is 2.35 bits per heavy atom. The number of phenolic OH excluding ortho intramolecular Hbond substituents is 1. The van der Waals surface area contributed by atoms with E-state index in [2.05, 4.69) is 4.90 Å². The SMILES string of the molecule is COc1ccc(CN2CCN(C(=O)Cc3ccc(O)cc3)CC2)cc1F. The highest BCUT2D eigenvalue weighted by molar-refractivity contribution is 5.78. The molecule has 1 heterocycles. The lowest BCUT2D eigenvalue weighted by Gasteiger charge is -2.35. The van der Waals surface area contributed by atoms with Gasteiger partial charge in [-0.25, -0.2) is 4.39 Å². The zero-order valence-corrected chi connectivity index (χ0v) is 14.8. The van der Waals surface area contributed by atoms with Gasteiger partial charge in [-0.05, 0) is 35.4 Å². The van der Waals surface area contributed by atoms with E-state index in [-0.39, 0.29) is 23.2 Å². The van der Waals surface area contributed by atoms with Crippen LogP contribution in [0.4, 0.5) is 4.39 Å². The maximum atomic E-state index is 13.8. The molecule has 5 nitrogen and oxygen atoms in total. The van der Waals surface area contributed by atoms with E-state index in [9.17, 15) is 14.3 Å². The van der Waals surface area contributed by atoms with Gasteiger partial charge in [0.25, 0.3) is 0 Å². The molecule has 3 rings (SSSR count). The molecule has 138 valence electrons. The van der Waals surface area contributed by atoms with Gasteiger partial charge in [0.15, 0.2) is 11.6 Å². The van der Waals surface area contributed by atoms with Crippen molar-refractivity contribution in [3.05, 3.63) is 59.4 Å². The Labute approximate surface area is 152 Å². The molecule has 0 aromatic heterocycles. The van der Waals surface area contributed by atoms with Crippen LogP contribution >= 0.6 is 0 Å². The number of benzene rings is 2. The largest absolute Gasteiger partial charge is 0.508 e. The van der Waals surface area contributed by atoms with Gasteiger partial charge in [0, 0.05) is 32.7 Å². The third kappa shape index (κ3) is 4.52. The van der Waals surface area contributed by atoms with E-state index in [0.717, 1.165) is 24.2 Å². The molecule has 0 unspecified atom stereocenters. The van der Waals surface area contributed by atoms with E-state index in [1.807, 2.05) is 11.0 Å². The van der Waals surface area contributed by atoms with Crippen LogP contribution in [-0.2, 0) is 17.8 Å². The molecule has 1 aliphatic rings. The van der Waals surface area contributed by atoms with Crippen molar-refractivity contribution in [2.75, 3.05) is 33.3 Å². The molecule has 2 aromatic rings. The van der Waals surface area contributed by atoms with E-state index in [1.165, 1.54) is 13.2 Å². The molecule has 0 spiro atoms. The predicted molar refractivity (Wildman–Crippen MR) is 96.6 cm³/mol. The van der Waals surface area contributed by atoms with Crippen LogP contribution in [0.25, 0.3) is 0 Å². The third-order valence-corrected chi connectivity index (χ3v) is 4.64. The fourth-order valence-corrected chi connectivity index (χ4v) is 3.12. The van der Waals surface area contributed by atoms with E-state index < -0.39 is 0 Å². The summed E-state index contributed by atoms with van der Waals surface area (Å²) >= 11 is 0. The van der Waals surface area contributed by atoms with Crippen LogP contribution < -0.4 is 4.74 Å². The van der Waals surface area contributed by atoms with Crippen molar-refractivity contribution < 1.29 is 19.0 Å². The maximum absolute atomic E-state index is 13.8. The lowest BCUT2D eigenvalue weighted by atomic mass is 10.1. The van der Waals surface area contributed by atoms with Gasteiger partial charge in [0.1, 0.15) is 5.75 Å². The Balaban J connectivity index is 1.50. The Kier molecular flexibility index (Phi) is 5.73. The minimum Gasteiger partial charge on any atom is -0.508 e. The van der Waals surface area contributed by atoms with Crippen LogP contribution in [-0.4, -0.2) is 54.1 Å². The number of nitrogens with zero attached hydrogens (tertiary/aromatic N) is 2. The summed E-state index contributed by atoms with van der Waals surface area (Å²) < 4.78 is 18.7.